The number of nitrogens with one attached hydrogen (secondary N) is 1. The van der Waals surface area contributed by atoms with E-state index in [1.54, 1.807) is 12.1 Å². The Balaban J connectivity index is 2.11. The van der Waals surface area contributed by atoms with Gasteiger partial charge in [-0.1, -0.05) is 62.4 Å². The molecule has 3 rings (SSSR count). The van der Waals surface area contributed by atoms with Crippen molar-refractivity contribution in [1.82, 2.24) is 10.2 Å². The molecule has 9 nitrogen and oxygen atoms in total. The number of anilines is 1. The lowest BCUT2D eigenvalue weighted by Gasteiger charge is -2.34. The zero-order valence-electron chi connectivity index (χ0n) is 24.5. The third kappa shape index (κ3) is 8.69. The van der Waals surface area contributed by atoms with Crippen LogP contribution in [0, 0.1) is 11.7 Å². The van der Waals surface area contributed by atoms with Crippen LogP contribution < -0.4 is 19.1 Å². The monoisotopic (exact) mass is 599 g/mol. The fourth-order valence-corrected chi connectivity index (χ4v) is 5.22. The molecule has 0 aliphatic rings. The molecule has 0 bridgehead atoms. The summed E-state index contributed by atoms with van der Waals surface area (Å²) in [7, 11) is -1.22. The van der Waals surface area contributed by atoms with E-state index in [1.165, 1.54) is 49.5 Å². The molecule has 0 fully saturated rings. The number of rotatable bonds is 14. The largest absolute Gasteiger partial charge is 0.497 e. The second-order valence-corrected chi connectivity index (χ2v) is 12.2. The highest BCUT2D eigenvalue weighted by Gasteiger charge is 2.34. The number of sulfonamides is 1. The van der Waals surface area contributed by atoms with E-state index in [-0.39, 0.29) is 35.9 Å². The summed E-state index contributed by atoms with van der Waals surface area (Å²) in [6.07, 6.45) is 1.10. The first-order valence-corrected chi connectivity index (χ1v) is 15.3. The number of methoxy groups -OCH3 is 2. The van der Waals surface area contributed by atoms with Crippen LogP contribution in [0.3, 0.4) is 0 Å². The second-order valence-electron chi connectivity index (χ2n) is 10.3. The minimum atomic E-state index is -4.04. The van der Waals surface area contributed by atoms with E-state index < -0.39 is 40.2 Å². The quantitative estimate of drug-likeness (QED) is 0.300. The van der Waals surface area contributed by atoms with Gasteiger partial charge in [-0.25, -0.2) is 12.8 Å². The predicted molar refractivity (Wildman–Crippen MR) is 160 cm³/mol. The fraction of sp³-hybridized carbons (Fsp3) is 0.355. The van der Waals surface area contributed by atoms with Crippen molar-refractivity contribution < 1.29 is 31.9 Å². The highest BCUT2D eigenvalue weighted by atomic mass is 32.2. The van der Waals surface area contributed by atoms with E-state index in [9.17, 15) is 22.4 Å². The van der Waals surface area contributed by atoms with Crippen LogP contribution in [0.2, 0.25) is 0 Å². The lowest BCUT2D eigenvalue weighted by atomic mass is 10.0. The summed E-state index contributed by atoms with van der Waals surface area (Å²) in [5, 5.41) is 2.89. The smallest absolute Gasteiger partial charge is 0.244 e. The van der Waals surface area contributed by atoms with Gasteiger partial charge in [0.15, 0.2) is 0 Å². The van der Waals surface area contributed by atoms with Gasteiger partial charge in [-0.2, -0.15) is 0 Å². The van der Waals surface area contributed by atoms with Gasteiger partial charge in [0.1, 0.15) is 29.9 Å². The zero-order valence-corrected chi connectivity index (χ0v) is 25.4. The number of benzene rings is 3. The van der Waals surface area contributed by atoms with Gasteiger partial charge in [0.2, 0.25) is 21.8 Å². The molecule has 42 heavy (non-hydrogen) atoms. The summed E-state index contributed by atoms with van der Waals surface area (Å²) in [5.74, 6) is -0.985. The van der Waals surface area contributed by atoms with Crippen LogP contribution in [0.4, 0.5) is 10.1 Å². The first-order chi connectivity index (χ1) is 19.9. The molecule has 2 amide bonds. The van der Waals surface area contributed by atoms with E-state index in [1.807, 2.05) is 44.2 Å². The van der Waals surface area contributed by atoms with Gasteiger partial charge in [-0.15, -0.1) is 0 Å². The topological polar surface area (TPSA) is 105 Å². The van der Waals surface area contributed by atoms with E-state index in [0.717, 1.165) is 16.1 Å². The fourth-order valence-electron chi connectivity index (χ4n) is 4.37. The SMILES string of the molecule is COc1ccc(OC)c(N(CC(=O)N(Cc2ccccc2F)C(Cc2ccccc2)C(=O)NCC(C)C)S(C)(=O)=O)c1. The molecule has 0 saturated heterocycles. The molecule has 0 aliphatic heterocycles. The van der Waals surface area contributed by atoms with Gasteiger partial charge in [-0.05, 0) is 29.7 Å². The Morgan fingerprint density at radius 2 is 1.62 bits per heavy atom. The van der Waals surface area contributed by atoms with Crippen molar-refractivity contribution in [3.63, 3.8) is 0 Å². The highest BCUT2D eigenvalue weighted by molar-refractivity contribution is 7.92. The van der Waals surface area contributed by atoms with Gasteiger partial charge in [0, 0.05) is 31.1 Å². The van der Waals surface area contributed by atoms with Crippen molar-refractivity contribution in [3.05, 3.63) is 89.7 Å². The lowest BCUT2D eigenvalue weighted by Crippen LogP contribution is -2.53. The van der Waals surface area contributed by atoms with Crippen molar-refractivity contribution in [2.24, 2.45) is 5.92 Å². The first-order valence-electron chi connectivity index (χ1n) is 13.5. The molecule has 0 saturated carbocycles. The Labute approximate surface area is 247 Å². The van der Waals surface area contributed by atoms with Crippen molar-refractivity contribution in [3.8, 4) is 11.5 Å². The molecule has 0 aromatic heterocycles. The molecular formula is C31H38FN3O6S. The van der Waals surface area contributed by atoms with E-state index >= 15 is 0 Å². The number of ether oxygens (including phenoxy) is 2. The molecule has 1 unspecified atom stereocenters. The minimum Gasteiger partial charge on any atom is -0.497 e. The zero-order chi connectivity index (χ0) is 30.9. The number of nitrogens with zero attached hydrogens (tertiary/aromatic N) is 2. The van der Waals surface area contributed by atoms with Gasteiger partial charge in [-0.3, -0.25) is 13.9 Å². The summed E-state index contributed by atoms with van der Waals surface area (Å²) in [6, 6.07) is 18.6. The molecule has 0 spiro atoms. The molecular weight excluding hydrogens is 561 g/mol. The predicted octanol–water partition coefficient (Wildman–Crippen LogP) is 4.02. The van der Waals surface area contributed by atoms with E-state index in [4.69, 9.17) is 9.47 Å². The van der Waals surface area contributed by atoms with Gasteiger partial charge >= 0.3 is 0 Å². The molecule has 3 aromatic carbocycles. The number of carbonyl (C=O) groups is 2. The summed E-state index contributed by atoms with van der Waals surface area (Å²) < 4.78 is 52.6. The van der Waals surface area contributed by atoms with Crippen LogP contribution >= 0.6 is 0 Å². The molecule has 3 aromatic rings. The molecule has 0 heterocycles. The third-order valence-corrected chi connectivity index (χ3v) is 7.71. The summed E-state index contributed by atoms with van der Waals surface area (Å²) in [5.41, 5.74) is 1.05. The number of halogens is 1. The second kappa shape index (κ2) is 14.7. The lowest BCUT2D eigenvalue weighted by molar-refractivity contribution is -0.140. The first kappa shape index (κ1) is 32.4. The van der Waals surface area contributed by atoms with Crippen LogP contribution in [0.25, 0.3) is 0 Å². The number of hydrogen-bond acceptors (Lipinski definition) is 6. The maximum Gasteiger partial charge on any atom is 0.244 e. The van der Waals surface area contributed by atoms with Crippen LogP contribution in [0.15, 0.2) is 72.8 Å². The van der Waals surface area contributed by atoms with Crippen molar-refractivity contribution in [2.75, 3.05) is 37.9 Å². The van der Waals surface area contributed by atoms with Crippen molar-refractivity contribution in [2.45, 2.75) is 32.9 Å². The van der Waals surface area contributed by atoms with Crippen LogP contribution in [-0.2, 0) is 32.6 Å². The Bertz CT molecular complexity index is 1470. The van der Waals surface area contributed by atoms with Gasteiger partial charge < -0.3 is 19.7 Å². The molecule has 1 N–H and O–H groups in total. The van der Waals surface area contributed by atoms with Crippen molar-refractivity contribution in [1.29, 1.82) is 0 Å². The third-order valence-electron chi connectivity index (χ3n) is 6.59. The Kier molecular flexibility index (Phi) is 11.3. The maximum atomic E-state index is 14.9. The van der Waals surface area contributed by atoms with Crippen LogP contribution in [0.5, 0.6) is 11.5 Å². The molecule has 1 atom stereocenters. The van der Waals surface area contributed by atoms with E-state index in [2.05, 4.69) is 5.32 Å². The van der Waals surface area contributed by atoms with E-state index in [0.29, 0.717) is 12.3 Å². The average molecular weight is 600 g/mol. The van der Waals surface area contributed by atoms with Crippen LogP contribution in [-0.4, -0.2) is 64.7 Å². The van der Waals surface area contributed by atoms with Crippen molar-refractivity contribution >= 4 is 27.5 Å². The molecule has 0 aliphatic carbocycles. The van der Waals surface area contributed by atoms with Gasteiger partial charge in [0.25, 0.3) is 0 Å². The normalized spacial score (nSPS) is 12.0. The summed E-state index contributed by atoms with van der Waals surface area (Å²) >= 11 is 0. The number of amides is 2. The molecule has 226 valence electrons. The standard InChI is InChI=1S/C31H38FN3O6S/c1-22(2)19-33-31(37)28(17-23-11-7-6-8-12-23)34(20-24-13-9-10-14-26(24)32)30(36)21-35(42(5,38)39)27-18-25(40-3)15-16-29(27)41-4/h6-16,18,22,28H,17,19-21H2,1-5H3,(H,33,37). The molecule has 0 radical (unpaired) electrons. The Morgan fingerprint density at radius 3 is 2.21 bits per heavy atom. The number of carbonyl (C=O) groups excluding carboxylic acids is 2. The minimum absolute atomic E-state index is 0.0856. The maximum absolute atomic E-state index is 14.9. The Morgan fingerprint density at radius 1 is 0.952 bits per heavy atom. The summed E-state index contributed by atoms with van der Waals surface area (Å²) in [4.78, 5) is 29.0. The Hall–Kier alpha value is -4.12. The summed E-state index contributed by atoms with van der Waals surface area (Å²) in [6.45, 7) is 3.33. The highest BCUT2D eigenvalue weighted by Crippen LogP contribution is 2.34. The number of hydrogen-bond donors (Lipinski definition) is 1. The van der Waals surface area contributed by atoms with Crippen LogP contribution in [0.1, 0.15) is 25.0 Å². The average Bonchev–Trinajstić information content (AvgIpc) is 2.96. The molecule has 11 heteroatoms. The van der Waals surface area contributed by atoms with Gasteiger partial charge in [0.05, 0.1) is 26.2 Å².